The largest absolute Gasteiger partial charge is 0.486 e. The number of likely N-dealkylation sites (tertiary alicyclic amines) is 1. The molecule has 2 heterocycles. The molecule has 0 aliphatic carbocycles. The van der Waals surface area contributed by atoms with Gasteiger partial charge in [0.2, 0.25) is 0 Å². The van der Waals surface area contributed by atoms with Gasteiger partial charge < -0.3 is 19.5 Å². The number of hydrogen-bond acceptors (Lipinski definition) is 4. The van der Waals surface area contributed by atoms with E-state index in [1.807, 2.05) is 18.2 Å². The Bertz CT molecular complexity index is 463. The van der Waals surface area contributed by atoms with E-state index in [-0.39, 0.29) is 0 Å². The van der Waals surface area contributed by atoms with Crippen molar-refractivity contribution in [2.45, 2.75) is 38.3 Å². The molecule has 0 spiro atoms. The van der Waals surface area contributed by atoms with Crippen LogP contribution in [0.3, 0.4) is 0 Å². The van der Waals surface area contributed by atoms with Crippen LogP contribution in [-0.4, -0.2) is 42.4 Å². The molecule has 0 radical (unpaired) electrons. The summed E-state index contributed by atoms with van der Waals surface area (Å²) in [5.74, 6) is 1.53. The Morgan fingerprint density at radius 1 is 1.30 bits per heavy atom. The molecule has 1 N–H and O–H groups in total. The summed E-state index contributed by atoms with van der Waals surface area (Å²) < 4.78 is 11.1. The molecule has 3 rings (SSSR count). The maximum atomic E-state index is 10.3. The van der Waals surface area contributed by atoms with Gasteiger partial charge in [-0.25, -0.2) is 0 Å². The van der Waals surface area contributed by atoms with Gasteiger partial charge in [0.1, 0.15) is 13.2 Å². The van der Waals surface area contributed by atoms with E-state index in [2.05, 4.69) is 11.8 Å². The van der Waals surface area contributed by atoms with Crippen LogP contribution in [0.2, 0.25) is 0 Å². The van der Waals surface area contributed by atoms with Crippen LogP contribution in [0.15, 0.2) is 18.2 Å². The zero-order chi connectivity index (χ0) is 13.9. The molecule has 1 fully saturated rings. The molecule has 0 saturated carbocycles. The summed E-state index contributed by atoms with van der Waals surface area (Å²) in [5.41, 5.74) is 0.918. The molecule has 4 heteroatoms. The molecule has 1 aromatic rings. The Morgan fingerprint density at radius 3 is 2.85 bits per heavy atom. The average molecular weight is 277 g/mol. The van der Waals surface area contributed by atoms with Crippen molar-refractivity contribution < 1.29 is 14.6 Å². The number of aliphatic hydroxyl groups excluding tert-OH is 1. The highest BCUT2D eigenvalue weighted by Gasteiger charge is 2.21. The Hall–Kier alpha value is -1.26. The molecule has 1 saturated heterocycles. The minimum absolute atomic E-state index is 0.432. The van der Waals surface area contributed by atoms with E-state index in [9.17, 15) is 5.11 Å². The quantitative estimate of drug-likeness (QED) is 0.917. The topological polar surface area (TPSA) is 41.9 Å². The van der Waals surface area contributed by atoms with E-state index < -0.39 is 6.10 Å². The molecule has 0 amide bonds. The number of hydrogen-bond donors (Lipinski definition) is 1. The first-order valence-electron chi connectivity index (χ1n) is 7.56. The van der Waals surface area contributed by atoms with Crippen LogP contribution in [0.1, 0.15) is 37.9 Å². The van der Waals surface area contributed by atoms with Gasteiger partial charge >= 0.3 is 0 Å². The standard InChI is InChI=1S/C16H23NO3/c1-12-3-2-7-17(12)8-6-14(18)13-4-5-15-16(11-13)20-10-9-19-15/h4-5,11-12,14,18H,2-3,6-10H2,1H3/t12-,14-/m0/s1. The third kappa shape index (κ3) is 2.91. The predicted octanol–water partition coefficient (Wildman–Crippen LogP) is 2.37. The molecular weight excluding hydrogens is 254 g/mol. The van der Waals surface area contributed by atoms with Crippen LogP contribution in [0.4, 0.5) is 0 Å². The summed E-state index contributed by atoms with van der Waals surface area (Å²) >= 11 is 0. The Kier molecular flexibility index (Phi) is 4.13. The Morgan fingerprint density at radius 2 is 2.10 bits per heavy atom. The number of rotatable bonds is 4. The van der Waals surface area contributed by atoms with Gasteiger partial charge in [0.25, 0.3) is 0 Å². The summed E-state index contributed by atoms with van der Waals surface area (Å²) in [7, 11) is 0. The van der Waals surface area contributed by atoms with Crippen molar-refractivity contribution in [3.05, 3.63) is 23.8 Å². The molecule has 0 unspecified atom stereocenters. The summed E-state index contributed by atoms with van der Waals surface area (Å²) in [6.45, 7) is 5.56. The molecule has 1 aromatic carbocycles. The van der Waals surface area contributed by atoms with Gasteiger partial charge in [-0.3, -0.25) is 0 Å². The van der Waals surface area contributed by atoms with E-state index >= 15 is 0 Å². The highest BCUT2D eigenvalue weighted by Crippen LogP contribution is 2.33. The smallest absolute Gasteiger partial charge is 0.161 e. The Labute approximate surface area is 120 Å². The fourth-order valence-corrected chi connectivity index (χ4v) is 3.05. The first kappa shape index (κ1) is 13.7. The van der Waals surface area contributed by atoms with Crippen molar-refractivity contribution in [1.29, 1.82) is 0 Å². The highest BCUT2D eigenvalue weighted by molar-refractivity contribution is 5.44. The summed E-state index contributed by atoms with van der Waals surface area (Å²) in [6, 6.07) is 6.39. The van der Waals surface area contributed by atoms with Gasteiger partial charge in [0.05, 0.1) is 6.10 Å². The Balaban J connectivity index is 1.60. The predicted molar refractivity (Wildman–Crippen MR) is 77.3 cm³/mol. The second-order valence-corrected chi connectivity index (χ2v) is 5.73. The third-order valence-electron chi connectivity index (χ3n) is 4.33. The molecule has 2 aliphatic heterocycles. The van der Waals surface area contributed by atoms with Crippen LogP contribution in [0.25, 0.3) is 0 Å². The lowest BCUT2D eigenvalue weighted by Gasteiger charge is -2.23. The van der Waals surface area contributed by atoms with Crippen LogP contribution >= 0.6 is 0 Å². The van der Waals surface area contributed by atoms with Crippen molar-refractivity contribution in [1.82, 2.24) is 4.90 Å². The average Bonchev–Trinajstić information content (AvgIpc) is 2.89. The molecular formula is C16H23NO3. The van der Waals surface area contributed by atoms with Crippen molar-refractivity contribution in [2.24, 2.45) is 0 Å². The van der Waals surface area contributed by atoms with Gasteiger partial charge in [-0.2, -0.15) is 0 Å². The van der Waals surface area contributed by atoms with Gasteiger partial charge in [0.15, 0.2) is 11.5 Å². The summed E-state index contributed by atoms with van der Waals surface area (Å²) in [4.78, 5) is 2.46. The lowest BCUT2D eigenvalue weighted by Crippen LogP contribution is -2.28. The summed E-state index contributed by atoms with van der Waals surface area (Å²) in [5, 5.41) is 10.3. The molecule has 4 nitrogen and oxygen atoms in total. The fourth-order valence-electron chi connectivity index (χ4n) is 3.05. The molecule has 2 aliphatic rings. The monoisotopic (exact) mass is 277 g/mol. The van der Waals surface area contributed by atoms with Gasteiger partial charge in [-0.15, -0.1) is 0 Å². The summed E-state index contributed by atoms with van der Waals surface area (Å²) in [6.07, 6.45) is 2.89. The number of aliphatic hydroxyl groups is 1. The number of ether oxygens (including phenoxy) is 2. The van der Waals surface area contributed by atoms with E-state index in [1.165, 1.54) is 12.8 Å². The second kappa shape index (κ2) is 6.02. The maximum absolute atomic E-state index is 10.3. The van der Waals surface area contributed by atoms with Crippen LogP contribution < -0.4 is 9.47 Å². The first-order valence-corrected chi connectivity index (χ1v) is 7.56. The minimum Gasteiger partial charge on any atom is -0.486 e. The molecule has 0 aromatic heterocycles. The van der Waals surface area contributed by atoms with Crippen LogP contribution in [0, 0.1) is 0 Å². The van der Waals surface area contributed by atoms with E-state index in [0.29, 0.717) is 19.3 Å². The number of nitrogens with zero attached hydrogens (tertiary/aromatic N) is 1. The zero-order valence-electron chi connectivity index (χ0n) is 12.0. The molecule has 20 heavy (non-hydrogen) atoms. The van der Waals surface area contributed by atoms with Crippen molar-refractivity contribution >= 4 is 0 Å². The number of benzene rings is 1. The first-order chi connectivity index (χ1) is 9.74. The van der Waals surface area contributed by atoms with Gasteiger partial charge in [0, 0.05) is 12.6 Å². The van der Waals surface area contributed by atoms with E-state index in [0.717, 1.165) is 36.6 Å². The lowest BCUT2D eigenvalue weighted by atomic mass is 10.1. The van der Waals surface area contributed by atoms with E-state index in [4.69, 9.17) is 9.47 Å². The van der Waals surface area contributed by atoms with Crippen LogP contribution in [-0.2, 0) is 0 Å². The maximum Gasteiger partial charge on any atom is 0.161 e. The zero-order valence-corrected chi connectivity index (χ0v) is 12.0. The third-order valence-corrected chi connectivity index (χ3v) is 4.33. The van der Waals surface area contributed by atoms with E-state index in [1.54, 1.807) is 0 Å². The highest BCUT2D eigenvalue weighted by atomic mass is 16.6. The molecule has 2 atom stereocenters. The fraction of sp³-hybridized carbons (Fsp3) is 0.625. The molecule has 110 valence electrons. The van der Waals surface area contributed by atoms with Crippen molar-refractivity contribution in [3.63, 3.8) is 0 Å². The van der Waals surface area contributed by atoms with Gasteiger partial charge in [-0.05, 0) is 50.4 Å². The number of fused-ring (bicyclic) bond motifs is 1. The lowest BCUT2D eigenvalue weighted by molar-refractivity contribution is 0.138. The SMILES string of the molecule is C[C@H]1CCCN1CC[C@H](O)c1ccc2c(c1)OCCO2. The molecule has 0 bridgehead atoms. The second-order valence-electron chi connectivity index (χ2n) is 5.73. The van der Waals surface area contributed by atoms with Crippen molar-refractivity contribution in [3.8, 4) is 11.5 Å². The minimum atomic E-state index is -0.432. The van der Waals surface area contributed by atoms with Crippen molar-refractivity contribution in [2.75, 3.05) is 26.3 Å². The normalized spacial score (nSPS) is 23.8. The van der Waals surface area contributed by atoms with Gasteiger partial charge in [-0.1, -0.05) is 6.07 Å². The van der Waals surface area contributed by atoms with Crippen LogP contribution in [0.5, 0.6) is 11.5 Å².